The van der Waals surface area contributed by atoms with E-state index >= 15 is 0 Å². The second-order valence-electron chi connectivity index (χ2n) is 7.89. The summed E-state index contributed by atoms with van der Waals surface area (Å²) < 4.78 is 52.8. The molecule has 3 N–H and O–H groups in total. The van der Waals surface area contributed by atoms with Gasteiger partial charge in [0.25, 0.3) is 5.69 Å². The first-order valence-corrected chi connectivity index (χ1v) is 10.4. The SMILES string of the molecule is COc1ccc(C(=O)[C@@H]2[C@H](c3ccc(-c4ccccc4[N+](=O)[O-])o3)NC(=O)N[C@@]2(O)C(F)(F)F)cc1. The Morgan fingerprint density at radius 2 is 1.81 bits per heavy atom. The summed E-state index contributed by atoms with van der Waals surface area (Å²) in [6, 6.07) is 9.88. The summed E-state index contributed by atoms with van der Waals surface area (Å²) in [7, 11) is 1.36. The number of methoxy groups -OCH3 is 1. The maximum Gasteiger partial charge on any atom is 0.437 e. The van der Waals surface area contributed by atoms with E-state index in [9.17, 15) is 38.0 Å². The number of benzene rings is 2. The zero-order chi connectivity index (χ0) is 26.3. The minimum absolute atomic E-state index is 0.0260. The van der Waals surface area contributed by atoms with Crippen LogP contribution < -0.4 is 15.4 Å². The van der Waals surface area contributed by atoms with Crippen LogP contribution in [0, 0.1) is 16.0 Å². The zero-order valence-electron chi connectivity index (χ0n) is 18.4. The number of alkyl halides is 3. The van der Waals surface area contributed by atoms with E-state index in [1.807, 2.05) is 0 Å². The van der Waals surface area contributed by atoms with Gasteiger partial charge in [-0.2, -0.15) is 13.2 Å². The fourth-order valence-corrected chi connectivity index (χ4v) is 4.02. The number of carbonyl (C=O) groups excluding carboxylic acids is 2. The number of nitrogens with zero attached hydrogens (tertiary/aromatic N) is 1. The number of aliphatic hydroxyl groups is 1. The van der Waals surface area contributed by atoms with E-state index in [0.717, 1.165) is 0 Å². The van der Waals surface area contributed by atoms with Crippen LogP contribution in [0.2, 0.25) is 0 Å². The van der Waals surface area contributed by atoms with E-state index < -0.39 is 40.6 Å². The van der Waals surface area contributed by atoms with Crippen molar-refractivity contribution in [2.75, 3.05) is 7.11 Å². The van der Waals surface area contributed by atoms with Crippen molar-refractivity contribution in [1.29, 1.82) is 0 Å². The molecule has 36 heavy (non-hydrogen) atoms. The quantitative estimate of drug-likeness (QED) is 0.261. The molecule has 1 aliphatic rings. The Morgan fingerprint density at radius 1 is 1.14 bits per heavy atom. The molecule has 2 aromatic carbocycles. The molecule has 1 aromatic heterocycles. The van der Waals surface area contributed by atoms with Crippen LogP contribution in [0.4, 0.5) is 23.7 Å². The van der Waals surface area contributed by atoms with Gasteiger partial charge in [-0.3, -0.25) is 14.9 Å². The molecular formula is C23H18F3N3O7. The van der Waals surface area contributed by atoms with Crippen LogP contribution in [-0.4, -0.2) is 40.9 Å². The molecule has 2 heterocycles. The summed E-state index contributed by atoms with van der Waals surface area (Å²) in [6.45, 7) is 0. The third-order valence-electron chi connectivity index (χ3n) is 5.76. The van der Waals surface area contributed by atoms with Crippen molar-refractivity contribution >= 4 is 17.5 Å². The largest absolute Gasteiger partial charge is 0.497 e. The molecule has 1 aliphatic heterocycles. The fourth-order valence-electron chi connectivity index (χ4n) is 4.02. The predicted octanol–water partition coefficient (Wildman–Crippen LogP) is 3.97. The van der Waals surface area contributed by atoms with Gasteiger partial charge in [0.2, 0.25) is 5.72 Å². The number of carbonyl (C=O) groups is 2. The highest BCUT2D eigenvalue weighted by Gasteiger charge is 2.66. The van der Waals surface area contributed by atoms with Crippen LogP contribution >= 0.6 is 0 Å². The molecule has 10 nitrogen and oxygen atoms in total. The molecule has 0 aliphatic carbocycles. The van der Waals surface area contributed by atoms with Crippen molar-refractivity contribution < 1.29 is 41.9 Å². The van der Waals surface area contributed by atoms with Gasteiger partial charge in [-0.1, -0.05) is 12.1 Å². The predicted molar refractivity (Wildman–Crippen MR) is 117 cm³/mol. The van der Waals surface area contributed by atoms with E-state index in [0.29, 0.717) is 5.75 Å². The number of nitrogens with one attached hydrogen (secondary N) is 2. The summed E-state index contributed by atoms with van der Waals surface area (Å²) in [5.41, 5.74) is -4.46. The topological polar surface area (TPSA) is 144 Å². The molecule has 1 fully saturated rings. The number of hydrogen-bond acceptors (Lipinski definition) is 7. The molecule has 0 bridgehead atoms. The molecule has 1 saturated heterocycles. The number of nitro groups is 1. The second-order valence-corrected chi connectivity index (χ2v) is 7.89. The minimum atomic E-state index is -5.45. The van der Waals surface area contributed by atoms with Crippen molar-refractivity contribution in [2.45, 2.75) is 17.9 Å². The molecule has 3 aromatic rings. The van der Waals surface area contributed by atoms with Crippen molar-refractivity contribution in [3.63, 3.8) is 0 Å². The Bertz CT molecular complexity index is 1320. The first-order chi connectivity index (χ1) is 17.0. The molecule has 0 radical (unpaired) electrons. The van der Waals surface area contributed by atoms with Gasteiger partial charge in [-0.25, -0.2) is 4.79 Å². The molecule has 0 spiro atoms. The first kappa shape index (κ1) is 24.7. The van der Waals surface area contributed by atoms with Gasteiger partial charge < -0.3 is 24.9 Å². The van der Waals surface area contributed by atoms with Crippen molar-refractivity contribution in [1.82, 2.24) is 10.6 Å². The maximum absolute atomic E-state index is 14.1. The summed E-state index contributed by atoms with van der Waals surface area (Å²) in [4.78, 5) is 36.2. The Hall–Kier alpha value is -4.39. The van der Waals surface area contributed by atoms with Gasteiger partial charge >= 0.3 is 12.2 Å². The Labute approximate surface area is 200 Å². The smallest absolute Gasteiger partial charge is 0.437 e. The third-order valence-corrected chi connectivity index (χ3v) is 5.76. The summed E-state index contributed by atoms with van der Waals surface area (Å²) in [6.07, 6.45) is -5.45. The fraction of sp³-hybridized carbons (Fsp3) is 0.217. The van der Waals surface area contributed by atoms with Crippen LogP contribution in [0.5, 0.6) is 5.75 Å². The number of urea groups is 1. The number of rotatable bonds is 6. The highest BCUT2D eigenvalue weighted by atomic mass is 19.4. The van der Waals surface area contributed by atoms with Crippen LogP contribution in [-0.2, 0) is 0 Å². The van der Waals surface area contributed by atoms with Gasteiger partial charge in [0.05, 0.1) is 17.6 Å². The number of halogens is 3. The number of hydrogen-bond donors (Lipinski definition) is 3. The molecule has 0 unspecified atom stereocenters. The van der Waals surface area contributed by atoms with Gasteiger partial charge in [-0.15, -0.1) is 0 Å². The number of furan rings is 1. The van der Waals surface area contributed by atoms with Gasteiger partial charge in [0.1, 0.15) is 29.2 Å². The van der Waals surface area contributed by atoms with Gasteiger partial charge in [-0.05, 0) is 42.5 Å². The second kappa shape index (κ2) is 9.00. The maximum atomic E-state index is 14.1. The average molecular weight is 505 g/mol. The Kier molecular flexibility index (Phi) is 6.18. The van der Waals surface area contributed by atoms with Crippen LogP contribution in [0.1, 0.15) is 22.2 Å². The van der Waals surface area contributed by atoms with Gasteiger partial charge in [0.15, 0.2) is 5.78 Å². The van der Waals surface area contributed by atoms with Crippen LogP contribution in [0.3, 0.4) is 0 Å². The number of nitro benzene ring substituents is 1. The highest BCUT2D eigenvalue weighted by molar-refractivity contribution is 6.00. The molecule has 13 heteroatoms. The third kappa shape index (κ3) is 4.24. The zero-order valence-corrected chi connectivity index (χ0v) is 18.4. The molecule has 4 rings (SSSR count). The molecule has 2 amide bonds. The molecular weight excluding hydrogens is 487 g/mol. The summed E-state index contributed by atoms with van der Waals surface area (Å²) in [5, 5.41) is 25.7. The molecule has 0 saturated carbocycles. The van der Waals surface area contributed by atoms with Crippen molar-refractivity contribution in [2.24, 2.45) is 5.92 Å². The monoisotopic (exact) mass is 505 g/mol. The minimum Gasteiger partial charge on any atom is -0.497 e. The lowest BCUT2D eigenvalue weighted by Gasteiger charge is -2.44. The lowest BCUT2D eigenvalue weighted by molar-refractivity contribution is -0.384. The van der Waals surface area contributed by atoms with E-state index in [1.165, 1.54) is 73.1 Å². The number of ether oxygens (including phenoxy) is 1. The van der Waals surface area contributed by atoms with E-state index in [4.69, 9.17) is 9.15 Å². The lowest BCUT2D eigenvalue weighted by Crippen LogP contribution is -2.72. The summed E-state index contributed by atoms with van der Waals surface area (Å²) >= 11 is 0. The van der Waals surface area contributed by atoms with E-state index in [1.54, 1.807) is 0 Å². The van der Waals surface area contributed by atoms with Gasteiger partial charge in [0, 0.05) is 11.6 Å². The first-order valence-electron chi connectivity index (χ1n) is 10.4. The van der Waals surface area contributed by atoms with E-state index in [-0.39, 0.29) is 28.3 Å². The normalized spacial score (nSPS) is 21.9. The molecule has 3 atom stereocenters. The standard InChI is InChI=1S/C23H18F3N3O7/c1-35-13-8-6-12(7-9-13)20(30)18-19(27-21(31)28-22(18,32)23(24,25)26)17-11-10-16(36-17)14-4-2-3-5-15(14)29(33)34/h2-11,18-19,32H,1H3,(H2,27,28,31)/t18-,19-,22-/m0/s1. The number of Topliss-reactive ketones (excluding diaryl/α,β-unsaturated/α-hetero) is 1. The number of amides is 2. The van der Waals surface area contributed by atoms with Crippen LogP contribution in [0.15, 0.2) is 65.1 Å². The lowest BCUT2D eigenvalue weighted by atomic mass is 9.79. The van der Waals surface area contributed by atoms with E-state index in [2.05, 4.69) is 5.32 Å². The van der Waals surface area contributed by atoms with Crippen molar-refractivity contribution in [3.8, 4) is 17.1 Å². The highest BCUT2D eigenvalue weighted by Crippen LogP contribution is 2.45. The van der Waals surface area contributed by atoms with Crippen molar-refractivity contribution in [3.05, 3.63) is 82.1 Å². The molecule has 188 valence electrons. The van der Waals surface area contributed by atoms with Crippen LogP contribution in [0.25, 0.3) is 11.3 Å². The Balaban J connectivity index is 1.82. The Morgan fingerprint density at radius 3 is 2.42 bits per heavy atom. The number of ketones is 1. The number of para-hydroxylation sites is 1. The summed E-state index contributed by atoms with van der Waals surface area (Å²) in [5.74, 6) is -3.56. The average Bonchev–Trinajstić information content (AvgIpc) is 3.33.